The minimum atomic E-state index is -4.44. The first-order valence-corrected chi connectivity index (χ1v) is 6.60. The molecule has 0 saturated heterocycles. The van der Waals surface area contributed by atoms with E-state index in [-0.39, 0.29) is 18.0 Å². The molecule has 1 amide bonds. The third kappa shape index (κ3) is 4.46. The van der Waals surface area contributed by atoms with Crippen molar-refractivity contribution in [2.24, 2.45) is 11.1 Å². The van der Waals surface area contributed by atoms with Gasteiger partial charge in [0.25, 0.3) is 0 Å². The molecule has 118 valence electrons. The zero-order chi connectivity index (χ0) is 16.4. The van der Waals surface area contributed by atoms with E-state index in [1.165, 1.54) is 30.1 Å². The molecule has 1 atom stereocenters. The number of likely N-dealkylation sites (N-methyl/N-ethyl adjacent to an activating group) is 1. The standard InChI is InChI=1S/C15H21F3N2O/c1-14(2,3)12(19)13(21)20(4)9-10-7-5-6-8-11(10)15(16,17)18/h5-8,12H,9,19H2,1-4H3/t12-/m1/s1. The zero-order valence-electron chi connectivity index (χ0n) is 12.7. The van der Waals surface area contributed by atoms with Crippen molar-refractivity contribution in [2.45, 2.75) is 39.5 Å². The lowest BCUT2D eigenvalue weighted by Gasteiger charge is -2.30. The fraction of sp³-hybridized carbons (Fsp3) is 0.533. The van der Waals surface area contributed by atoms with Crippen molar-refractivity contribution in [3.8, 4) is 0 Å². The Balaban J connectivity index is 2.95. The van der Waals surface area contributed by atoms with Gasteiger partial charge in [-0.2, -0.15) is 13.2 Å². The molecule has 0 radical (unpaired) electrons. The van der Waals surface area contributed by atoms with Crippen LogP contribution in [0, 0.1) is 5.41 Å². The molecule has 21 heavy (non-hydrogen) atoms. The number of hydrogen-bond donors (Lipinski definition) is 1. The smallest absolute Gasteiger partial charge is 0.340 e. The van der Waals surface area contributed by atoms with Gasteiger partial charge < -0.3 is 10.6 Å². The monoisotopic (exact) mass is 302 g/mol. The molecule has 0 heterocycles. The fourth-order valence-electron chi connectivity index (χ4n) is 1.88. The normalized spacial score (nSPS) is 13.9. The maximum atomic E-state index is 12.9. The van der Waals surface area contributed by atoms with Gasteiger partial charge in [0.05, 0.1) is 11.6 Å². The number of alkyl halides is 3. The van der Waals surface area contributed by atoms with Crippen molar-refractivity contribution in [1.82, 2.24) is 4.90 Å². The van der Waals surface area contributed by atoms with Gasteiger partial charge >= 0.3 is 6.18 Å². The number of halogens is 3. The summed E-state index contributed by atoms with van der Waals surface area (Å²) in [4.78, 5) is 13.4. The number of nitrogens with zero attached hydrogens (tertiary/aromatic N) is 1. The van der Waals surface area contributed by atoms with Crippen molar-refractivity contribution >= 4 is 5.91 Å². The highest BCUT2D eigenvalue weighted by atomic mass is 19.4. The van der Waals surface area contributed by atoms with Crippen LogP contribution in [0.4, 0.5) is 13.2 Å². The lowest BCUT2D eigenvalue weighted by Crippen LogP contribution is -2.49. The van der Waals surface area contributed by atoms with Crippen LogP contribution in [0.25, 0.3) is 0 Å². The Morgan fingerprint density at radius 1 is 1.24 bits per heavy atom. The van der Waals surface area contributed by atoms with E-state index in [2.05, 4.69) is 0 Å². The molecule has 0 spiro atoms. The van der Waals surface area contributed by atoms with Crippen LogP contribution in [-0.4, -0.2) is 23.9 Å². The van der Waals surface area contributed by atoms with Crippen molar-refractivity contribution in [3.63, 3.8) is 0 Å². The molecule has 6 heteroatoms. The minimum Gasteiger partial charge on any atom is -0.340 e. The molecule has 1 rings (SSSR count). The summed E-state index contributed by atoms with van der Waals surface area (Å²) in [5, 5.41) is 0. The predicted octanol–water partition coefficient (Wildman–Crippen LogP) is 3.04. The molecular formula is C15H21F3N2O. The maximum absolute atomic E-state index is 12.9. The fourth-order valence-corrected chi connectivity index (χ4v) is 1.88. The number of carbonyl (C=O) groups excluding carboxylic acids is 1. The van der Waals surface area contributed by atoms with E-state index in [1.807, 2.05) is 20.8 Å². The summed E-state index contributed by atoms with van der Waals surface area (Å²) in [5.74, 6) is -0.375. The first kappa shape index (κ1) is 17.5. The molecule has 0 aliphatic carbocycles. The molecule has 0 fully saturated rings. The Kier molecular flexibility index (Phi) is 5.04. The molecule has 0 saturated carbocycles. The van der Waals surface area contributed by atoms with Crippen LogP contribution in [0.1, 0.15) is 31.9 Å². The third-order valence-electron chi connectivity index (χ3n) is 3.31. The lowest BCUT2D eigenvalue weighted by molar-refractivity contribution is -0.140. The highest BCUT2D eigenvalue weighted by Crippen LogP contribution is 2.32. The highest BCUT2D eigenvalue weighted by Gasteiger charge is 2.34. The Morgan fingerprint density at radius 2 is 1.76 bits per heavy atom. The summed E-state index contributed by atoms with van der Waals surface area (Å²) in [6, 6.07) is 4.47. The average Bonchev–Trinajstić information content (AvgIpc) is 2.35. The topological polar surface area (TPSA) is 46.3 Å². The van der Waals surface area contributed by atoms with Gasteiger partial charge in [0.2, 0.25) is 5.91 Å². The summed E-state index contributed by atoms with van der Waals surface area (Å²) < 4.78 is 38.8. The van der Waals surface area contributed by atoms with E-state index in [9.17, 15) is 18.0 Å². The van der Waals surface area contributed by atoms with E-state index in [0.717, 1.165) is 6.07 Å². The van der Waals surface area contributed by atoms with Gasteiger partial charge in [-0.05, 0) is 17.0 Å². The Bertz CT molecular complexity index is 506. The van der Waals surface area contributed by atoms with Crippen LogP contribution in [-0.2, 0) is 17.5 Å². The molecule has 0 aliphatic rings. The lowest BCUT2D eigenvalue weighted by atomic mass is 9.86. The minimum absolute atomic E-state index is 0.0574. The van der Waals surface area contributed by atoms with Gasteiger partial charge in [-0.15, -0.1) is 0 Å². The number of amides is 1. The molecule has 0 aliphatic heterocycles. The van der Waals surface area contributed by atoms with Gasteiger partial charge in [-0.3, -0.25) is 4.79 Å². The number of hydrogen-bond acceptors (Lipinski definition) is 2. The van der Waals surface area contributed by atoms with Gasteiger partial charge in [0.1, 0.15) is 0 Å². The molecule has 0 bridgehead atoms. The Labute approximate surface area is 122 Å². The van der Waals surface area contributed by atoms with Gasteiger partial charge in [-0.25, -0.2) is 0 Å². The predicted molar refractivity (Wildman–Crippen MR) is 75.3 cm³/mol. The number of nitrogens with two attached hydrogens (primary N) is 1. The number of carbonyl (C=O) groups is 1. The van der Waals surface area contributed by atoms with Crippen molar-refractivity contribution < 1.29 is 18.0 Å². The summed E-state index contributed by atoms with van der Waals surface area (Å²) in [6.45, 7) is 5.31. The van der Waals surface area contributed by atoms with Crippen LogP contribution in [0.15, 0.2) is 24.3 Å². The highest BCUT2D eigenvalue weighted by molar-refractivity contribution is 5.82. The number of rotatable bonds is 3. The molecule has 1 aromatic rings. The first-order chi connectivity index (χ1) is 9.44. The van der Waals surface area contributed by atoms with Crippen LogP contribution in [0.3, 0.4) is 0 Å². The molecule has 2 N–H and O–H groups in total. The molecule has 0 unspecified atom stereocenters. The Hall–Kier alpha value is -1.56. The molecule has 0 aromatic heterocycles. The summed E-state index contributed by atoms with van der Waals surface area (Å²) in [7, 11) is 1.46. The molecular weight excluding hydrogens is 281 g/mol. The summed E-state index contributed by atoms with van der Waals surface area (Å²) in [6.07, 6.45) is -4.44. The number of benzene rings is 1. The van der Waals surface area contributed by atoms with E-state index < -0.39 is 23.2 Å². The second-order valence-electron chi connectivity index (χ2n) is 6.19. The average molecular weight is 302 g/mol. The Morgan fingerprint density at radius 3 is 2.24 bits per heavy atom. The molecule has 3 nitrogen and oxygen atoms in total. The van der Waals surface area contributed by atoms with Crippen molar-refractivity contribution in [2.75, 3.05) is 7.05 Å². The van der Waals surface area contributed by atoms with Gasteiger partial charge in [0.15, 0.2) is 0 Å². The third-order valence-corrected chi connectivity index (χ3v) is 3.31. The van der Waals surface area contributed by atoms with Crippen LogP contribution in [0.2, 0.25) is 0 Å². The van der Waals surface area contributed by atoms with Crippen LogP contribution >= 0.6 is 0 Å². The largest absolute Gasteiger partial charge is 0.416 e. The van der Waals surface area contributed by atoms with E-state index in [4.69, 9.17) is 5.73 Å². The quantitative estimate of drug-likeness (QED) is 0.933. The second-order valence-corrected chi connectivity index (χ2v) is 6.19. The second kappa shape index (κ2) is 6.05. The van der Waals surface area contributed by atoms with Crippen molar-refractivity contribution in [3.05, 3.63) is 35.4 Å². The summed E-state index contributed by atoms with van der Waals surface area (Å²) in [5.41, 5.74) is 4.74. The summed E-state index contributed by atoms with van der Waals surface area (Å²) >= 11 is 0. The zero-order valence-corrected chi connectivity index (χ0v) is 12.7. The molecule has 1 aromatic carbocycles. The van der Waals surface area contributed by atoms with E-state index in [0.29, 0.717) is 0 Å². The van der Waals surface area contributed by atoms with Crippen LogP contribution in [0.5, 0.6) is 0 Å². The van der Waals surface area contributed by atoms with Gasteiger partial charge in [0, 0.05) is 13.6 Å². The maximum Gasteiger partial charge on any atom is 0.416 e. The van der Waals surface area contributed by atoms with Crippen molar-refractivity contribution in [1.29, 1.82) is 0 Å². The first-order valence-electron chi connectivity index (χ1n) is 6.60. The van der Waals surface area contributed by atoms with E-state index >= 15 is 0 Å². The van der Waals surface area contributed by atoms with Crippen LogP contribution < -0.4 is 5.73 Å². The van der Waals surface area contributed by atoms with E-state index in [1.54, 1.807) is 0 Å². The SMILES string of the molecule is CN(Cc1ccccc1C(F)(F)F)C(=O)[C@@H](N)C(C)(C)C. The van der Waals surface area contributed by atoms with Gasteiger partial charge in [-0.1, -0.05) is 39.0 Å².